The number of aliphatic hydroxyl groups excluding tert-OH is 1. The summed E-state index contributed by atoms with van der Waals surface area (Å²) < 4.78 is 0. The molecule has 0 aliphatic rings. The van der Waals surface area contributed by atoms with Gasteiger partial charge in [0.05, 0.1) is 12.3 Å². The van der Waals surface area contributed by atoms with E-state index in [-0.39, 0.29) is 12.2 Å². The van der Waals surface area contributed by atoms with E-state index >= 15 is 0 Å². The van der Waals surface area contributed by atoms with Crippen LogP contribution in [0.5, 0.6) is 0 Å². The number of H-pyrrole nitrogens is 1. The third kappa shape index (κ3) is 1.97. The zero-order valence-electron chi connectivity index (χ0n) is 8.10. The Kier molecular flexibility index (Phi) is 2.65. The Balaban J connectivity index is 2.58. The van der Waals surface area contributed by atoms with Gasteiger partial charge < -0.3 is 10.1 Å². The third-order valence-electron chi connectivity index (χ3n) is 2.24. The van der Waals surface area contributed by atoms with Crippen LogP contribution in [0.2, 0.25) is 0 Å². The van der Waals surface area contributed by atoms with Crippen molar-refractivity contribution in [2.75, 3.05) is 0 Å². The Bertz CT molecular complexity index is 503. The first-order valence-electron chi connectivity index (χ1n) is 4.70. The number of rotatable bonds is 2. The number of nitrogens with one attached hydrogen (secondary N) is 1. The van der Waals surface area contributed by atoms with Crippen LogP contribution in [0.1, 0.15) is 5.69 Å². The highest BCUT2D eigenvalue weighted by molar-refractivity contribution is 5.65. The van der Waals surface area contributed by atoms with E-state index < -0.39 is 0 Å². The Labute approximate surface area is 87.0 Å². The van der Waals surface area contributed by atoms with Crippen LogP contribution in [0.3, 0.4) is 0 Å². The van der Waals surface area contributed by atoms with Gasteiger partial charge in [0.15, 0.2) is 0 Å². The smallest absolute Gasteiger partial charge is 0.248 e. The Morgan fingerprint density at radius 1 is 1.07 bits per heavy atom. The van der Waals surface area contributed by atoms with Crippen molar-refractivity contribution < 1.29 is 5.11 Å². The van der Waals surface area contributed by atoms with Crippen LogP contribution in [0.25, 0.3) is 11.1 Å². The van der Waals surface area contributed by atoms with Gasteiger partial charge in [0, 0.05) is 11.6 Å². The molecular weight excluding hydrogens is 190 g/mol. The summed E-state index contributed by atoms with van der Waals surface area (Å²) in [6, 6.07) is 12.8. The zero-order valence-corrected chi connectivity index (χ0v) is 8.10. The highest BCUT2D eigenvalue weighted by atomic mass is 16.3. The summed E-state index contributed by atoms with van der Waals surface area (Å²) in [5.74, 6) is 0. The molecular formula is C12H11NO2. The van der Waals surface area contributed by atoms with Crippen LogP contribution >= 0.6 is 0 Å². The summed E-state index contributed by atoms with van der Waals surface area (Å²) in [5, 5.41) is 9.13. The summed E-state index contributed by atoms with van der Waals surface area (Å²) in [5.41, 5.74) is 2.20. The minimum atomic E-state index is -0.196. The van der Waals surface area contributed by atoms with Gasteiger partial charge in [-0.05, 0) is 11.6 Å². The largest absolute Gasteiger partial charge is 0.390 e. The topological polar surface area (TPSA) is 53.1 Å². The van der Waals surface area contributed by atoms with Crippen LogP contribution < -0.4 is 5.56 Å². The lowest BCUT2D eigenvalue weighted by Gasteiger charge is -2.06. The fraction of sp³-hybridized carbons (Fsp3) is 0.0833. The summed E-state index contributed by atoms with van der Waals surface area (Å²) in [6.07, 6.45) is 0. The van der Waals surface area contributed by atoms with Gasteiger partial charge in [-0.15, -0.1) is 0 Å². The van der Waals surface area contributed by atoms with E-state index in [2.05, 4.69) is 4.98 Å². The maximum Gasteiger partial charge on any atom is 0.248 e. The summed E-state index contributed by atoms with van der Waals surface area (Å²) in [4.78, 5) is 13.7. The molecule has 0 radical (unpaired) electrons. The van der Waals surface area contributed by atoms with E-state index in [1.165, 1.54) is 6.07 Å². The molecule has 0 amide bonds. The van der Waals surface area contributed by atoms with E-state index in [1.807, 2.05) is 30.3 Å². The molecule has 0 aliphatic heterocycles. The van der Waals surface area contributed by atoms with E-state index in [1.54, 1.807) is 6.07 Å². The maximum atomic E-state index is 11.1. The molecule has 3 heteroatoms. The number of aliphatic hydroxyl groups is 1. The number of aromatic nitrogens is 1. The number of pyridine rings is 1. The molecule has 3 nitrogen and oxygen atoms in total. The summed E-state index contributed by atoms with van der Waals surface area (Å²) >= 11 is 0. The van der Waals surface area contributed by atoms with Crippen molar-refractivity contribution in [3.05, 3.63) is 58.5 Å². The molecule has 0 atom stereocenters. The van der Waals surface area contributed by atoms with Gasteiger partial charge in [0.1, 0.15) is 0 Å². The van der Waals surface area contributed by atoms with Crippen molar-refractivity contribution in [1.29, 1.82) is 0 Å². The number of benzene rings is 1. The molecule has 2 N–H and O–H groups in total. The van der Waals surface area contributed by atoms with Crippen molar-refractivity contribution >= 4 is 0 Å². The molecule has 0 unspecified atom stereocenters. The predicted molar refractivity (Wildman–Crippen MR) is 58.4 cm³/mol. The van der Waals surface area contributed by atoms with Crippen molar-refractivity contribution in [2.24, 2.45) is 0 Å². The lowest BCUT2D eigenvalue weighted by molar-refractivity contribution is 0.277. The molecule has 1 heterocycles. The molecule has 0 saturated heterocycles. The molecule has 1 aromatic carbocycles. The van der Waals surface area contributed by atoms with E-state index in [0.29, 0.717) is 5.69 Å². The van der Waals surface area contributed by atoms with E-state index in [4.69, 9.17) is 5.11 Å². The quantitative estimate of drug-likeness (QED) is 0.774. The highest BCUT2D eigenvalue weighted by Crippen LogP contribution is 2.20. The van der Waals surface area contributed by atoms with Crippen LogP contribution in [0, 0.1) is 0 Å². The number of hydrogen-bond donors (Lipinski definition) is 2. The maximum absolute atomic E-state index is 11.1. The monoisotopic (exact) mass is 201 g/mol. The zero-order chi connectivity index (χ0) is 10.7. The first-order chi connectivity index (χ1) is 7.31. The van der Waals surface area contributed by atoms with Crippen LogP contribution in [-0.4, -0.2) is 10.1 Å². The first kappa shape index (κ1) is 9.68. The van der Waals surface area contributed by atoms with Crippen molar-refractivity contribution in [1.82, 2.24) is 4.98 Å². The molecule has 2 aromatic rings. The van der Waals surface area contributed by atoms with E-state index in [9.17, 15) is 4.79 Å². The van der Waals surface area contributed by atoms with E-state index in [0.717, 1.165) is 11.1 Å². The van der Waals surface area contributed by atoms with Crippen LogP contribution in [-0.2, 0) is 6.61 Å². The van der Waals surface area contributed by atoms with Gasteiger partial charge in [0.2, 0.25) is 5.56 Å². The molecule has 0 fully saturated rings. The molecule has 15 heavy (non-hydrogen) atoms. The van der Waals surface area contributed by atoms with Crippen molar-refractivity contribution in [2.45, 2.75) is 6.61 Å². The minimum absolute atomic E-state index is 0.166. The second-order valence-electron chi connectivity index (χ2n) is 3.24. The van der Waals surface area contributed by atoms with Crippen molar-refractivity contribution in [3.63, 3.8) is 0 Å². The van der Waals surface area contributed by atoms with Gasteiger partial charge in [-0.2, -0.15) is 0 Å². The number of aromatic amines is 1. The van der Waals surface area contributed by atoms with Crippen molar-refractivity contribution in [3.8, 4) is 11.1 Å². The predicted octanol–water partition coefficient (Wildman–Crippen LogP) is 1.53. The highest BCUT2D eigenvalue weighted by Gasteiger charge is 2.03. The average Bonchev–Trinajstić information content (AvgIpc) is 2.30. The average molecular weight is 201 g/mol. The molecule has 0 aliphatic carbocycles. The van der Waals surface area contributed by atoms with Crippen LogP contribution in [0.15, 0.2) is 47.3 Å². The Morgan fingerprint density at radius 3 is 2.47 bits per heavy atom. The van der Waals surface area contributed by atoms with Gasteiger partial charge >= 0.3 is 0 Å². The fourth-order valence-electron chi connectivity index (χ4n) is 1.53. The fourth-order valence-corrected chi connectivity index (χ4v) is 1.53. The summed E-state index contributed by atoms with van der Waals surface area (Å²) in [7, 11) is 0. The molecule has 76 valence electrons. The minimum Gasteiger partial charge on any atom is -0.390 e. The van der Waals surface area contributed by atoms with Crippen LogP contribution in [0.4, 0.5) is 0 Å². The Hall–Kier alpha value is -1.87. The van der Waals surface area contributed by atoms with Gasteiger partial charge in [-0.25, -0.2) is 0 Å². The molecule has 0 bridgehead atoms. The molecule has 0 spiro atoms. The van der Waals surface area contributed by atoms with Gasteiger partial charge in [0.25, 0.3) is 0 Å². The Morgan fingerprint density at radius 2 is 1.80 bits per heavy atom. The molecule has 1 aromatic heterocycles. The lowest BCUT2D eigenvalue weighted by Crippen LogP contribution is -2.08. The standard InChI is InChI=1S/C12H11NO2/c14-8-11-10(6-7-12(15)13-11)9-4-2-1-3-5-9/h1-7,14H,8H2,(H,13,15). The first-order valence-corrected chi connectivity index (χ1v) is 4.70. The molecule has 0 saturated carbocycles. The molecule has 2 rings (SSSR count). The lowest BCUT2D eigenvalue weighted by atomic mass is 10.0. The SMILES string of the molecule is O=c1ccc(-c2ccccc2)c(CO)[nH]1. The third-order valence-corrected chi connectivity index (χ3v) is 2.24. The second-order valence-corrected chi connectivity index (χ2v) is 3.24. The second kappa shape index (κ2) is 4.11. The normalized spacial score (nSPS) is 10.2. The van der Waals surface area contributed by atoms with Gasteiger partial charge in [-0.1, -0.05) is 30.3 Å². The summed E-state index contributed by atoms with van der Waals surface area (Å²) in [6.45, 7) is -0.166. The number of hydrogen-bond acceptors (Lipinski definition) is 2. The van der Waals surface area contributed by atoms with Gasteiger partial charge in [-0.3, -0.25) is 4.79 Å².